The van der Waals surface area contributed by atoms with Crippen LogP contribution in [0.1, 0.15) is 125 Å². The third-order valence-electron chi connectivity index (χ3n) is 7.47. The molecule has 0 aromatic carbocycles. The fourth-order valence-corrected chi connectivity index (χ4v) is 4.90. The van der Waals surface area contributed by atoms with Gasteiger partial charge in [0.2, 0.25) is 5.60 Å². The zero-order chi connectivity index (χ0) is 49.0. The van der Waals surface area contributed by atoms with Crippen molar-refractivity contribution in [3.63, 3.8) is 0 Å². The van der Waals surface area contributed by atoms with E-state index in [4.69, 9.17) is 18.9 Å². The van der Waals surface area contributed by atoms with Crippen LogP contribution in [-0.4, -0.2) is 138 Å². The quantitative estimate of drug-likeness (QED) is 0.111. The van der Waals surface area contributed by atoms with Crippen molar-refractivity contribution in [2.45, 2.75) is 153 Å². The first-order chi connectivity index (χ1) is 25.8. The van der Waals surface area contributed by atoms with Crippen LogP contribution in [0.5, 0.6) is 0 Å². The van der Waals surface area contributed by atoms with Gasteiger partial charge in [-0.15, -0.1) is 0 Å². The van der Waals surface area contributed by atoms with Gasteiger partial charge in [-0.2, -0.15) is 0 Å². The summed E-state index contributed by atoms with van der Waals surface area (Å²) in [7, 11) is 5.43. The fourth-order valence-electron chi connectivity index (χ4n) is 4.33. The molecule has 0 fully saturated rings. The number of carbonyl (C=O) groups is 6. The second-order valence-corrected chi connectivity index (χ2v) is 20.6. The van der Waals surface area contributed by atoms with Crippen LogP contribution in [0, 0.1) is 16.2 Å². The van der Waals surface area contributed by atoms with E-state index in [0.717, 1.165) is 0 Å². The monoisotopic (exact) mass is 876 g/mol. The molecule has 0 rings (SSSR count). The Bertz CT molecular complexity index is 1440. The molecule has 2 N–H and O–H groups in total. The van der Waals surface area contributed by atoms with E-state index in [2.05, 4.69) is 19.5 Å². The lowest BCUT2D eigenvalue weighted by Crippen LogP contribution is -2.51. The van der Waals surface area contributed by atoms with Gasteiger partial charge in [0, 0.05) is 51.7 Å². The molecule has 0 saturated heterocycles. The number of ketones is 3. The van der Waals surface area contributed by atoms with Gasteiger partial charge in [-0.3, -0.25) is 14.4 Å². The second kappa shape index (κ2) is 25.8. The molecular weight excluding hydrogens is 795 g/mol. The average Bonchev–Trinajstić information content (AvgIpc) is 3.06. The van der Waals surface area contributed by atoms with Crippen molar-refractivity contribution in [2.75, 3.05) is 61.2 Å². The highest BCUT2D eigenvalue weighted by molar-refractivity contribution is 7.90. The van der Waals surface area contributed by atoms with E-state index in [1.807, 2.05) is 41.5 Å². The van der Waals surface area contributed by atoms with E-state index in [1.165, 1.54) is 69.5 Å². The van der Waals surface area contributed by atoms with Gasteiger partial charge in [-0.1, -0.05) is 41.5 Å². The molecule has 3 atom stereocenters. The summed E-state index contributed by atoms with van der Waals surface area (Å²) in [6, 6.07) is 0. The molecule has 0 heterocycles. The van der Waals surface area contributed by atoms with Gasteiger partial charge in [0.05, 0.1) is 43.7 Å². The lowest BCUT2D eigenvalue weighted by Gasteiger charge is -2.32. The van der Waals surface area contributed by atoms with Crippen LogP contribution in [-0.2, 0) is 71.8 Å². The average molecular weight is 876 g/mol. The molecule has 0 aliphatic carbocycles. The highest BCUT2D eigenvalue weighted by atomic mass is 32.2. The van der Waals surface area contributed by atoms with E-state index in [-0.39, 0.29) is 23.1 Å². The molecule has 0 amide bonds. The maximum atomic E-state index is 11.9. The molecule has 0 radical (unpaired) electrons. The summed E-state index contributed by atoms with van der Waals surface area (Å²) in [6.45, 7) is 31.0. The third-order valence-corrected chi connectivity index (χ3v) is 8.41. The van der Waals surface area contributed by atoms with Crippen LogP contribution in [0.25, 0.3) is 0 Å². The molecule has 0 aromatic rings. The Morgan fingerprint density at radius 3 is 1.10 bits per heavy atom. The van der Waals surface area contributed by atoms with E-state index in [1.54, 1.807) is 62.4 Å². The predicted molar refractivity (Wildman–Crippen MR) is 226 cm³/mol. The summed E-state index contributed by atoms with van der Waals surface area (Å²) in [4.78, 5) is 68.3. The maximum Gasteiger partial charge on any atom is 0.366 e. The molecule has 0 bridgehead atoms. The number of aliphatic hydroxyl groups is 1. The highest BCUT2D eigenvalue weighted by Crippen LogP contribution is 2.30. The van der Waals surface area contributed by atoms with Gasteiger partial charge < -0.3 is 43.6 Å². The smallest absolute Gasteiger partial charge is 0.366 e. The molecule has 0 aliphatic heterocycles. The number of carbonyl (C=O) groups excluding carboxylic acids is 6. The fraction of sp³-hybridized carbons (Fsp3) is 0.854. The topological polar surface area (TPSA) is 233 Å². The Morgan fingerprint density at radius 1 is 0.559 bits per heavy atom. The summed E-state index contributed by atoms with van der Waals surface area (Å²) in [5.74, 6) is -5.32. The molecule has 0 aromatic heterocycles. The minimum absolute atomic E-state index is 0.00231. The Morgan fingerprint density at radius 2 is 0.915 bits per heavy atom. The highest BCUT2D eigenvalue weighted by Gasteiger charge is 2.47. The van der Waals surface area contributed by atoms with Crippen molar-refractivity contribution in [1.82, 2.24) is 5.32 Å². The predicted octanol–water partition coefficient (Wildman–Crippen LogP) is 4.67. The number of hydrogen-bond donors (Lipinski definition) is 2. The number of rotatable bonds is 13. The number of hydrogen-bond acceptors (Lipinski definition) is 17. The number of Topliss-reactive ketones (excluding diaryl/α,β-unsaturated/α-hetero) is 3. The SMILES string of the molecule is CC(=O)C(C)(C)C(=O)C(C)(C)C.CNCCS(C)(=O)=O.COC(=O)C(C)(O)OC(C)(C)C.COC(=O)C(C)(OC)C(=O)C(C)(C)C.COC(=O)C(C)(OC)OC(C)(C)C. The Balaban J connectivity index is -0.000000208. The lowest BCUT2D eigenvalue weighted by atomic mass is 9.73. The first-order valence-corrected chi connectivity index (χ1v) is 20.8. The Labute approximate surface area is 355 Å². The van der Waals surface area contributed by atoms with Crippen molar-refractivity contribution in [2.24, 2.45) is 16.2 Å². The summed E-state index contributed by atoms with van der Waals surface area (Å²) >= 11 is 0. The minimum atomic E-state index is -2.75. The number of esters is 3. The standard InChI is InChI=1S/C10H18O4.C10H18O2.C9H18O4.C8H16O4.C4H11NO2S/c1-9(2,3)7(11)10(4,14-6)8(12)13-5;1-7(11)10(5,6)8(12)9(2,3)4;1-8(2,3)13-9(4,12-6)7(10)11-5;1-7(2,3)12-8(4,10)6(9)11-5;1-5-3-4-8(2,6)7/h1-6H3;1-6H3;1-6H3;10H,1-5H3;5H,3-4H2,1-2H3. The zero-order valence-electron chi connectivity index (χ0n) is 40.9. The lowest BCUT2D eigenvalue weighted by molar-refractivity contribution is -0.259. The van der Waals surface area contributed by atoms with Crippen molar-refractivity contribution < 1.29 is 75.4 Å². The molecule has 3 unspecified atom stereocenters. The first-order valence-electron chi connectivity index (χ1n) is 18.7. The molecule has 18 heteroatoms. The summed E-state index contributed by atoms with van der Waals surface area (Å²) in [5.41, 5.74) is -4.46. The van der Waals surface area contributed by atoms with Crippen LogP contribution >= 0.6 is 0 Å². The normalized spacial score (nSPS) is 15.0. The Hall–Kier alpha value is -2.87. The molecule has 352 valence electrons. The summed E-state index contributed by atoms with van der Waals surface area (Å²) in [5, 5.41) is 12.2. The molecule has 0 saturated carbocycles. The van der Waals surface area contributed by atoms with Gasteiger partial charge in [-0.25, -0.2) is 22.8 Å². The van der Waals surface area contributed by atoms with Gasteiger partial charge in [-0.05, 0) is 76.3 Å². The van der Waals surface area contributed by atoms with E-state index < -0.39 is 72.4 Å². The van der Waals surface area contributed by atoms with Gasteiger partial charge >= 0.3 is 17.9 Å². The van der Waals surface area contributed by atoms with Gasteiger partial charge in [0.25, 0.3) is 11.6 Å². The van der Waals surface area contributed by atoms with E-state index in [0.29, 0.717) is 6.54 Å². The number of ether oxygens (including phenoxy) is 7. The molecule has 0 spiro atoms. The molecule has 59 heavy (non-hydrogen) atoms. The molecule has 0 aliphatic rings. The van der Waals surface area contributed by atoms with E-state index in [9.17, 15) is 42.3 Å². The van der Waals surface area contributed by atoms with E-state index >= 15 is 0 Å². The van der Waals surface area contributed by atoms with Crippen LogP contribution in [0.2, 0.25) is 0 Å². The number of methoxy groups -OCH3 is 5. The van der Waals surface area contributed by atoms with Crippen LogP contribution in [0.4, 0.5) is 0 Å². The van der Waals surface area contributed by atoms with Gasteiger partial charge in [0.1, 0.15) is 15.6 Å². The first kappa shape index (κ1) is 65.3. The van der Waals surface area contributed by atoms with Crippen molar-refractivity contribution in [3.8, 4) is 0 Å². The minimum Gasteiger partial charge on any atom is -0.467 e. The van der Waals surface area contributed by atoms with Crippen molar-refractivity contribution >= 4 is 45.1 Å². The second-order valence-electron chi connectivity index (χ2n) is 18.3. The maximum absolute atomic E-state index is 11.9. The number of sulfone groups is 1. The van der Waals surface area contributed by atoms with Gasteiger partial charge in [0.15, 0.2) is 11.6 Å². The Kier molecular flexibility index (Phi) is 28.5. The van der Waals surface area contributed by atoms with Crippen molar-refractivity contribution in [3.05, 3.63) is 0 Å². The molecular formula is C41H81NO16S. The third kappa shape index (κ3) is 28.3. The van der Waals surface area contributed by atoms with Crippen molar-refractivity contribution in [1.29, 1.82) is 0 Å². The largest absolute Gasteiger partial charge is 0.467 e. The van der Waals surface area contributed by atoms with Crippen LogP contribution in [0.3, 0.4) is 0 Å². The summed E-state index contributed by atoms with van der Waals surface area (Å²) < 4.78 is 54.6. The zero-order valence-corrected chi connectivity index (χ0v) is 41.7. The molecule has 17 nitrogen and oxygen atoms in total. The number of nitrogens with one attached hydrogen (secondary N) is 1. The summed E-state index contributed by atoms with van der Waals surface area (Å²) in [6.07, 6.45) is 1.23. The van der Waals surface area contributed by atoms with Crippen LogP contribution in [0.15, 0.2) is 0 Å². The van der Waals surface area contributed by atoms with Crippen LogP contribution < -0.4 is 5.32 Å².